The van der Waals surface area contributed by atoms with Crippen LogP contribution in [0.2, 0.25) is 0 Å². The zero-order chi connectivity index (χ0) is 7.52. The zero-order valence-electron chi connectivity index (χ0n) is 5.68. The second kappa shape index (κ2) is 2.45. The molecule has 0 aliphatic heterocycles. The van der Waals surface area contributed by atoms with E-state index in [0.29, 0.717) is 0 Å². The zero-order valence-corrected chi connectivity index (χ0v) is 5.68. The molecular weight excluding hydrogens is 142 g/mol. The monoisotopic (exact) mass is 148 g/mol. The van der Waals surface area contributed by atoms with Gasteiger partial charge in [-0.1, -0.05) is 0 Å². The van der Waals surface area contributed by atoms with E-state index in [1.807, 2.05) is 12.1 Å². The lowest BCUT2D eigenvalue weighted by Gasteiger charge is -1.86. The Balaban J connectivity index is 2.46. The molecule has 0 unspecified atom stereocenters. The highest BCUT2D eigenvalue weighted by Gasteiger charge is 2.02. The molecule has 0 aliphatic carbocycles. The van der Waals surface area contributed by atoms with Crippen molar-refractivity contribution in [2.45, 2.75) is 0 Å². The number of aromatic amines is 1. The molecule has 11 heavy (non-hydrogen) atoms. The van der Waals surface area contributed by atoms with E-state index >= 15 is 0 Å². The molecule has 2 aromatic heterocycles. The van der Waals surface area contributed by atoms with E-state index in [1.165, 1.54) is 11.1 Å². The maximum Gasteiger partial charge on any atom is 0.297 e. The molecule has 0 atom stereocenters. The summed E-state index contributed by atoms with van der Waals surface area (Å²) in [5, 5.41) is 10.3. The molecule has 5 heteroatoms. The third kappa shape index (κ3) is 1.07. The van der Waals surface area contributed by atoms with E-state index in [-0.39, 0.29) is 0 Å². The molecule has 0 aromatic carbocycles. The molecule has 0 amide bonds. The van der Waals surface area contributed by atoms with Gasteiger partial charge in [-0.2, -0.15) is 0 Å². The third-order valence-corrected chi connectivity index (χ3v) is 1.27. The van der Waals surface area contributed by atoms with Gasteiger partial charge in [-0.25, -0.2) is 0 Å². The molecule has 0 saturated heterocycles. The van der Waals surface area contributed by atoms with Crippen molar-refractivity contribution in [2.24, 2.45) is 0 Å². The number of H-pyrrole nitrogens is 1. The number of aromatic nitrogens is 5. The molecule has 0 bridgehead atoms. The molecule has 1 N–H and O–H groups in total. The average molecular weight is 148 g/mol. The molecule has 2 aromatic rings. The van der Waals surface area contributed by atoms with Crippen molar-refractivity contribution in [3.05, 3.63) is 30.9 Å². The summed E-state index contributed by atoms with van der Waals surface area (Å²) >= 11 is 0. The Morgan fingerprint density at radius 2 is 2.45 bits per heavy atom. The first-order valence-electron chi connectivity index (χ1n) is 3.15. The van der Waals surface area contributed by atoms with Gasteiger partial charge < -0.3 is 0 Å². The average Bonchev–Trinajstić information content (AvgIpc) is 2.58. The van der Waals surface area contributed by atoms with Crippen molar-refractivity contribution in [1.29, 1.82) is 0 Å². The van der Waals surface area contributed by atoms with Crippen LogP contribution in [0, 0.1) is 0 Å². The van der Waals surface area contributed by atoms with Crippen LogP contribution in [0.1, 0.15) is 0 Å². The van der Waals surface area contributed by atoms with Crippen LogP contribution < -0.4 is 4.80 Å². The van der Waals surface area contributed by atoms with E-state index < -0.39 is 0 Å². The molecule has 2 heterocycles. The summed E-state index contributed by atoms with van der Waals surface area (Å²) in [6.07, 6.45) is 4.85. The molecule has 0 spiro atoms. The minimum absolute atomic E-state index is 0.866. The van der Waals surface area contributed by atoms with Crippen molar-refractivity contribution < 1.29 is 4.80 Å². The summed E-state index contributed by atoms with van der Waals surface area (Å²) in [6.45, 7) is 0. The molecule has 0 radical (unpaired) electrons. The number of nitrogens with one attached hydrogen (secondary N) is 1. The third-order valence-electron chi connectivity index (χ3n) is 1.27. The quantitative estimate of drug-likeness (QED) is 0.553. The Labute approximate surface area is 62.7 Å². The SMILES string of the molecule is c1cncc(-[n+]2ncn[nH]2)c1. The van der Waals surface area contributed by atoms with Gasteiger partial charge >= 0.3 is 0 Å². The summed E-state index contributed by atoms with van der Waals surface area (Å²) in [4.78, 5) is 5.47. The van der Waals surface area contributed by atoms with Crippen LogP contribution in [0.15, 0.2) is 30.9 Å². The predicted octanol–water partition coefficient (Wildman–Crippen LogP) is -0.524. The summed E-state index contributed by atoms with van der Waals surface area (Å²) in [5.74, 6) is 0. The van der Waals surface area contributed by atoms with Crippen LogP contribution in [-0.4, -0.2) is 20.4 Å². The van der Waals surface area contributed by atoms with Gasteiger partial charge in [0.15, 0.2) is 5.69 Å². The van der Waals surface area contributed by atoms with Crippen LogP contribution in [0.3, 0.4) is 0 Å². The van der Waals surface area contributed by atoms with Gasteiger partial charge in [-0.15, -0.1) is 0 Å². The molecule has 2 rings (SSSR count). The highest BCUT2D eigenvalue weighted by atomic mass is 15.6. The highest BCUT2D eigenvalue weighted by molar-refractivity contribution is 5.14. The Kier molecular flexibility index (Phi) is 1.33. The summed E-state index contributed by atoms with van der Waals surface area (Å²) < 4.78 is 0. The first kappa shape index (κ1) is 5.96. The Morgan fingerprint density at radius 1 is 1.45 bits per heavy atom. The minimum Gasteiger partial charge on any atom is -0.260 e. The minimum atomic E-state index is 0.866. The van der Waals surface area contributed by atoms with Crippen LogP contribution in [-0.2, 0) is 0 Å². The molecule has 5 nitrogen and oxygen atoms in total. The predicted molar refractivity (Wildman–Crippen MR) is 35.7 cm³/mol. The number of hydrogen-bond acceptors (Lipinski definition) is 3. The van der Waals surface area contributed by atoms with Crippen molar-refractivity contribution in [3.63, 3.8) is 0 Å². The standard InChI is InChI=1S/C6H5N5/c1-2-6(4-7-3-1)11-9-5-8-10-11/h1-5H/p+1. The molecule has 0 fully saturated rings. The molecular formula is C6H6N5+. The van der Waals surface area contributed by atoms with E-state index in [9.17, 15) is 0 Å². The van der Waals surface area contributed by atoms with Crippen molar-refractivity contribution >= 4 is 0 Å². The van der Waals surface area contributed by atoms with Crippen molar-refractivity contribution in [3.8, 4) is 5.69 Å². The van der Waals surface area contributed by atoms with Crippen LogP contribution in [0.5, 0.6) is 0 Å². The fourth-order valence-corrected chi connectivity index (χ4v) is 0.787. The normalized spacial score (nSPS) is 9.82. The van der Waals surface area contributed by atoms with Crippen molar-refractivity contribution in [2.75, 3.05) is 0 Å². The van der Waals surface area contributed by atoms with E-state index in [4.69, 9.17) is 0 Å². The Bertz CT molecular complexity index is 314. The fraction of sp³-hybridized carbons (Fsp3) is 0. The van der Waals surface area contributed by atoms with E-state index in [0.717, 1.165) is 5.69 Å². The maximum atomic E-state index is 3.93. The van der Waals surface area contributed by atoms with Gasteiger partial charge in [0, 0.05) is 6.20 Å². The topological polar surface area (TPSA) is 58.3 Å². The summed E-state index contributed by atoms with van der Waals surface area (Å²) in [6, 6.07) is 3.73. The first-order valence-corrected chi connectivity index (χ1v) is 3.15. The van der Waals surface area contributed by atoms with Gasteiger partial charge in [0.05, 0.1) is 11.3 Å². The highest BCUT2D eigenvalue weighted by Crippen LogP contribution is 1.89. The lowest BCUT2D eigenvalue weighted by molar-refractivity contribution is -0.717. The number of pyridine rings is 1. The summed E-state index contributed by atoms with van der Waals surface area (Å²) in [7, 11) is 0. The van der Waals surface area contributed by atoms with Gasteiger partial charge in [0.25, 0.3) is 6.33 Å². The first-order chi connectivity index (χ1) is 5.47. The van der Waals surface area contributed by atoms with Crippen LogP contribution in [0.25, 0.3) is 5.69 Å². The van der Waals surface area contributed by atoms with Crippen LogP contribution >= 0.6 is 0 Å². The van der Waals surface area contributed by atoms with Gasteiger partial charge in [0.1, 0.15) is 0 Å². The van der Waals surface area contributed by atoms with Gasteiger partial charge in [-0.3, -0.25) is 4.98 Å². The largest absolute Gasteiger partial charge is 0.297 e. The summed E-state index contributed by atoms with van der Waals surface area (Å²) in [5.41, 5.74) is 0.866. The lowest BCUT2D eigenvalue weighted by Crippen LogP contribution is -2.35. The molecule has 0 saturated carbocycles. The lowest BCUT2D eigenvalue weighted by atomic mass is 10.4. The van der Waals surface area contributed by atoms with E-state index in [2.05, 4.69) is 20.4 Å². The fourth-order valence-electron chi connectivity index (χ4n) is 0.787. The number of tetrazole rings is 1. The van der Waals surface area contributed by atoms with Crippen molar-refractivity contribution in [1.82, 2.24) is 20.4 Å². The van der Waals surface area contributed by atoms with Crippen LogP contribution in [0.4, 0.5) is 0 Å². The Morgan fingerprint density at radius 3 is 3.09 bits per heavy atom. The van der Waals surface area contributed by atoms with Gasteiger partial charge in [0.2, 0.25) is 0 Å². The maximum absolute atomic E-state index is 3.93. The number of nitrogens with zero attached hydrogens (tertiary/aromatic N) is 4. The van der Waals surface area contributed by atoms with E-state index in [1.54, 1.807) is 12.4 Å². The number of rotatable bonds is 1. The second-order valence-corrected chi connectivity index (χ2v) is 1.98. The number of hydrogen-bond donors (Lipinski definition) is 1. The molecule has 0 aliphatic rings. The van der Waals surface area contributed by atoms with Gasteiger partial charge in [-0.05, 0) is 27.2 Å². The Hall–Kier alpha value is -1.78. The smallest absolute Gasteiger partial charge is 0.260 e. The second-order valence-electron chi connectivity index (χ2n) is 1.98. The molecule has 54 valence electrons.